The van der Waals surface area contributed by atoms with E-state index in [1.165, 1.54) is 0 Å². The van der Waals surface area contributed by atoms with Crippen molar-refractivity contribution in [2.24, 2.45) is 0 Å². The van der Waals surface area contributed by atoms with Crippen LogP contribution in [0.25, 0.3) is 0 Å². The highest BCUT2D eigenvalue weighted by molar-refractivity contribution is 5.49. The maximum Gasteiger partial charge on any atom is 0.166 e. The third-order valence-corrected chi connectivity index (χ3v) is 2.32. The number of methoxy groups -OCH3 is 2. The third kappa shape index (κ3) is 2.47. The lowest BCUT2D eigenvalue weighted by Gasteiger charge is -2.17. The van der Waals surface area contributed by atoms with Crippen LogP contribution in [0.4, 0.5) is 0 Å². The number of nitrogens with one attached hydrogen (secondary N) is 1. The molecule has 1 unspecified atom stereocenters. The lowest BCUT2D eigenvalue weighted by Crippen LogP contribution is -2.19. The van der Waals surface area contributed by atoms with Crippen molar-refractivity contribution in [2.75, 3.05) is 20.8 Å². The van der Waals surface area contributed by atoms with Crippen LogP contribution in [-0.4, -0.2) is 20.8 Å². The maximum absolute atomic E-state index is 5.50. The third-order valence-electron chi connectivity index (χ3n) is 2.32. The van der Waals surface area contributed by atoms with Gasteiger partial charge in [0.2, 0.25) is 0 Å². The molecule has 0 saturated carbocycles. The average Bonchev–Trinajstić information content (AvgIpc) is 2.34. The normalized spacial score (nSPS) is 11.6. The number of terminal acetylenes is 1. The molecule has 0 bridgehead atoms. The molecule has 0 radical (unpaired) electrons. The van der Waals surface area contributed by atoms with E-state index in [2.05, 4.69) is 11.2 Å². The van der Waals surface area contributed by atoms with Crippen LogP contribution in [0, 0.1) is 12.3 Å². The summed E-state index contributed by atoms with van der Waals surface area (Å²) in [7, 11) is 3.22. The van der Waals surface area contributed by atoms with E-state index in [0.717, 1.165) is 12.1 Å². The first-order chi connectivity index (χ1) is 7.78. The van der Waals surface area contributed by atoms with Gasteiger partial charge in [-0.2, -0.15) is 0 Å². The summed E-state index contributed by atoms with van der Waals surface area (Å²) in [6.07, 6.45) is 5.50. The van der Waals surface area contributed by atoms with Gasteiger partial charge in [-0.25, -0.2) is 0 Å². The van der Waals surface area contributed by atoms with Crippen LogP contribution in [0.1, 0.15) is 18.5 Å². The Hall–Kier alpha value is -1.66. The van der Waals surface area contributed by atoms with Crippen LogP contribution < -0.4 is 14.8 Å². The van der Waals surface area contributed by atoms with Gasteiger partial charge in [0.05, 0.1) is 20.3 Å². The topological polar surface area (TPSA) is 30.5 Å². The second kappa shape index (κ2) is 6.04. The van der Waals surface area contributed by atoms with Crippen molar-refractivity contribution >= 4 is 0 Å². The number of hydrogen-bond donors (Lipinski definition) is 1. The minimum atomic E-state index is -0.157. The molecule has 0 aliphatic heterocycles. The molecule has 86 valence electrons. The van der Waals surface area contributed by atoms with Gasteiger partial charge in [-0.05, 0) is 12.6 Å². The molecule has 0 aliphatic rings. The molecule has 16 heavy (non-hydrogen) atoms. The summed E-state index contributed by atoms with van der Waals surface area (Å²) in [6, 6.07) is 5.53. The van der Waals surface area contributed by atoms with Gasteiger partial charge < -0.3 is 14.8 Å². The van der Waals surface area contributed by atoms with Crippen LogP contribution in [0.5, 0.6) is 11.5 Å². The van der Waals surface area contributed by atoms with Gasteiger partial charge in [0.1, 0.15) is 0 Å². The second-order valence-electron chi connectivity index (χ2n) is 3.24. The molecule has 0 spiro atoms. The number of ether oxygens (including phenoxy) is 2. The Morgan fingerprint density at radius 1 is 1.38 bits per heavy atom. The summed E-state index contributed by atoms with van der Waals surface area (Å²) in [5.41, 5.74) is 0.922. The highest BCUT2D eigenvalue weighted by atomic mass is 16.5. The molecule has 0 fully saturated rings. The van der Waals surface area contributed by atoms with Gasteiger partial charge in [-0.15, -0.1) is 6.42 Å². The number of benzene rings is 1. The van der Waals surface area contributed by atoms with E-state index >= 15 is 0 Å². The summed E-state index contributed by atoms with van der Waals surface area (Å²) in [4.78, 5) is 0. The van der Waals surface area contributed by atoms with E-state index in [-0.39, 0.29) is 6.04 Å². The molecule has 1 rings (SSSR count). The van der Waals surface area contributed by atoms with Gasteiger partial charge >= 0.3 is 0 Å². The fraction of sp³-hybridized carbons (Fsp3) is 0.385. The molecule has 0 amide bonds. The standard InChI is InChI=1S/C13H17NO2/c1-5-11(14-6-2)10-8-7-9-12(15-3)13(10)16-4/h1,7-9,11,14H,6H2,2-4H3. The lowest BCUT2D eigenvalue weighted by molar-refractivity contribution is 0.349. The van der Waals surface area contributed by atoms with Crippen LogP contribution in [0.15, 0.2) is 18.2 Å². The first-order valence-corrected chi connectivity index (χ1v) is 5.18. The number of rotatable bonds is 5. The molecule has 1 atom stereocenters. The van der Waals surface area contributed by atoms with Crippen LogP contribution in [0.2, 0.25) is 0 Å². The Bertz CT molecular complexity index is 382. The van der Waals surface area contributed by atoms with Gasteiger partial charge in [0, 0.05) is 5.56 Å². The predicted octanol–water partition coefficient (Wildman–Crippen LogP) is 1.99. The zero-order valence-corrected chi connectivity index (χ0v) is 9.91. The molecule has 1 aromatic carbocycles. The maximum atomic E-state index is 5.50. The first kappa shape index (κ1) is 12.4. The Morgan fingerprint density at radius 2 is 2.12 bits per heavy atom. The van der Waals surface area contributed by atoms with Crippen molar-refractivity contribution in [3.63, 3.8) is 0 Å². The SMILES string of the molecule is C#CC(NCC)c1cccc(OC)c1OC. The Balaban J connectivity index is 3.16. The Labute approximate surface area is 96.8 Å². The molecule has 1 N–H and O–H groups in total. The molecular formula is C13H17NO2. The van der Waals surface area contributed by atoms with Crippen molar-refractivity contribution in [2.45, 2.75) is 13.0 Å². The summed E-state index contributed by atoms with van der Waals surface area (Å²) in [5, 5.41) is 3.20. The highest BCUT2D eigenvalue weighted by Crippen LogP contribution is 2.34. The Kier molecular flexibility index (Phi) is 4.68. The van der Waals surface area contributed by atoms with Crippen LogP contribution >= 0.6 is 0 Å². The molecular weight excluding hydrogens is 202 g/mol. The number of hydrogen-bond acceptors (Lipinski definition) is 3. The highest BCUT2D eigenvalue weighted by Gasteiger charge is 2.15. The zero-order chi connectivity index (χ0) is 12.0. The predicted molar refractivity (Wildman–Crippen MR) is 64.8 cm³/mol. The van der Waals surface area contributed by atoms with E-state index in [4.69, 9.17) is 15.9 Å². The van der Waals surface area contributed by atoms with E-state index in [1.54, 1.807) is 14.2 Å². The fourth-order valence-corrected chi connectivity index (χ4v) is 1.60. The van der Waals surface area contributed by atoms with E-state index in [9.17, 15) is 0 Å². The smallest absolute Gasteiger partial charge is 0.166 e. The largest absolute Gasteiger partial charge is 0.493 e. The minimum absolute atomic E-state index is 0.157. The molecule has 0 saturated heterocycles. The quantitative estimate of drug-likeness (QED) is 0.768. The monoisotopic (exact) mass is 219 g/mol. The van der Waals surface area contributed by atoms with E-state index in [0.29, 0.717) is 11.5 Å². The van der Waals surface area contributed by atoms with Gasteiger partial charge in [-0.3, -0.25) is 0 Å². The van der Waals surface area contributed by atoms with E-state index < -0.39 is 0 Å². The van der Waals surface area contributed by atoms with Crippen molar-refractivity contribution in [1.82, 2.24) is 5.32 Å². The number of para-hydroxylation sites is 1. The van der Waals surface area contributed by atoms with Crippen LogP contribution in [0.3, 0.4) is 0 Å². The van der Waals surface area contributed by atoms with Crippen molar-refractivity contribution in [3.8, 4) is 23.8 Å². The van der Waals surface area contributed by atoms with Crippen LogP contribution in [-0.2, 0) is 0 Å². The summed E-state index contributed by atoms with van der Waals surface area (Å²) >= 11 is 0. The van der Waals surface area contributed by atoms with Crippen molar-refractivity contribution in [3.05, 3.63) is 23.8 Å². The van der Waals surface area contributed by atoms with Gasteiger partial charge in [0.25, 0.3) is 0 Å². The summed E-state index contributed by atoms with van der Waals surface area (Å²) in [6.45, 7) is 2.81. The van der Waals surface area contributed by atoms with Gasteiger partial charge in [0.15, 0.2) is 11.5 Å². The molecule has 1 aromatic rings. The summed E-state index contributed by atoms with van der Waals surface area (Å²) < 4.78 is 10.6. The fourth-order valence-electron chi connectivity index (χ4n) is 1.60. The average molecular weight is 219 g/mol. The zero-order valence-electron chi connectivity index (χ0n) is 9.91. The minimum Gasteiger partial charge on any atom is -0.493 e. The molecule has 0 aromatic heterocycles. The Morgan fingerprint density at radius 3 is 2.62 bits per heavy atom. The second-order valence-corrected chi connectivity index (χ2v) is 3.24. The molecule has 0 heterocycles. The molecule has 3 nitrogen and oxygen atoms in total. The van der Waals surface area contributed by atoms with Gasteiger partial charge in [-0.1, -0.05) is 25.0 Å². The van der Waals surface area contributed by atoms with Crippen molar-refractivity contribution < 1.29 is 9.47 Å². The lowest BCUT2D eigenvalue weighted by atomic mass is 10.1. The molecule has 3 heteroatoms. The summed E-state index contributed by atoms with van der Waals surface area (Å²) in [5.74, 6) is 4.08. The van der Waals surface area contributed by atoms with Crippen molar-refractivity contribution in [1.29, 1.82) is 0 Å². The molecule has 0 aliphatic carbocycles. The first-order valence-electron chi connectivity index (χ1n) is 5.18. The van der Waals surface area contributed by atoms with E-state index in [1.807, 2.05) is 25.1 Å².